The summed E-state index contributed by atoms with van der Waals surface area (Å²) in [7, 11) is 0. The van der Waals surface area contributed by atoms with E-state index in [0.29, 0.717) is 6.61 Å². The molecule has 0 spiro atoms. The lowest BCUT2D eigenvalue weighted by molar-refractivity contribution is 0.190. The summed E-state index contributed by atoms with van der Waals surface area (Å²) in [5.74, 6) is 0.755. The molecule has 0 fully saturated rings. The molecule has 20 heavy (non-hydrogen) atoms. The Labute approximate surface area is 122 Å². The Morgan fingerprint density at radius 3 is 2.65 bits per heavy atom. The minimum absolute atomic E-state index is 0.255. The Kier molecular flexibility index (Phi) is 6.04. The van der Waals surface area contributed by atoms with Gasteiger partial charge in [0.1, 0.15) is 5.75 Å². The van der Waals surface area contributed by atoms with Gasteiger partial charge in [-0.05, 0) is 59.1 Å². The first-order valence-electron chi connectivity index (χ1n) is 7.18. The van der Waals surface area contributed by atoms with E-state index >= 15 is 0 Å². The third kappa shape index (κ3) is 5.22. The fraction of sp³-hybridized carbons (Fsp3) is 0.588. The second-order valence-corrected chi connectivity index (χ2v) is 6.02. The van der Waals surface area contributed by atoms with E-state index in [9.17, 15) is 5.11 Å². The van der Waals surface area contributed by atoms with Crippen LogP contribution >= 0.6 is 0 Å². The van der Waals surface area contributed by atoms with Crippen LogP contribution in [0.4, 0.5) is 0 Å². The van der Waals surface area contributed by atoms with E-state index in [1.807, 2.05) is 39.0 Å². The largest absolute Gasteiger partial charge is 0.493 e. The van der Waals surface area contributed by atoms with Crippen molar-refractivity contribution in [3.63, 3.8) is 0 Å². The Bertz CT molecular complexity index is 472. The van der Waals surface area contributed by atoms with Crippen LogP contribution in [0.5, 0.6) is 5.75 Å². The number of nitrogens with zero attached hydrogens (tertiary/aromatic N) is 1. The molecule has 0 radical (unpaired) electrons. The van der Waals surface area contributed by atoms with Crippen LogP contribution in [-0.4, -0.2) is 11.7 Å². The first kappa shape index (κ1) is 16.5. The van der Waals surface area contributed by atoms with Gasteiger partial charge in [0.05, 0.1) is 24.2 Å². The third-order valence-corrected chi connectivity index (χ3v) is 3.37. The third-order valence-electron chi connectivity index (χ3n) is 3.37. The van der Waals surface area contributed by atoms with Crippen LogP contribution in [0.25, 0.3) is 0 Å². The molecular weight excluding hydrogens is 250 g/mol. The predicted octanol–water partition coefficient (Wildman–Crippen LogP) is 4.15. The van der Waals surface area contributed by atoms with E-state index in [2.05, 4.69) is 6.07 Å². The molecule has 1 aromatic rings. The molecule has 0 aliphatic carbocycles. The SMILES string of the molecule is Cc1ccc(OCCCCC(C)(C)C#N)c(C(C)O)c1. The maximum atomic E-state index is 9.75. The van der Waals surface area contributed by atoms with Crippen LogP contribution in [-0.2, 0) is 0 Å². The molecule has 0 amide bonds. The Morgan fingerprint density at radius 2 is 2.05 bits per heavy atom. The maximum absolute atomic E-state index is 9.75. The van der Waals surface area contributed by atoms with Gasteiger partial charge < -0.3 is 9.84 Å². The topological polar surface area (TPSA) is 53.2 Å². The highest BCUT2D eigenvalue weighted by Gasteiger charge is 2.15. The van der Waals surface area contributed by atoms with Gasteiger partial charge in [0, 0.05) is 5.56 Å². The van der Waals surface area contributed by atoms with Crippen molar-refractivity contribution in [1.29, 1.82) is 5.26 Å². The summed E-state index contributed by atoms with van der Waals surface area (Å²) < 4.78 is 5.76. The van der Waals surface area contributed by atoms with Gasteiger partial charge >= 0.3 is 0 Å². The van der Waals surface area contributed by atoms with Gasteiger partial charge in [0.15, 0.2) is 0 Å². The highest BCUT2D eigenvalue weighted by molar-refractivity contribution is 5.38. The van der Waals surface area contributed by atoms with Gasteiger partial charge in [0.25, 0.3) is 0 Å². The summed E-state index contributed by atoms with van der Waals surface area (Å²) in [6, 6.07) is 8.16. The van der Waals surface area contributed by atoms with Gasteiger partial charge in [-0.1, -0.05) is 11.6 Å². The van der Waals surface area contributed by atoms with Gasteiger partial charge in [-0.3, -0.25) is 0 Å². The second-order valence-electron chi connectivity index (χ2n) is 6.02. The van der Waals surface area contributed by atoms with Gasteiger partial charge in [0.2, 0.25) is 0 Å². The number of nitriles is 1. The normalized spacial score (nSPS) is 12.8. The summed E-state index contributed by atoms with van der Waals surface area (Å²) in [6.07, 6.45) is 2.24. The fourth-order valence-corrected chi connectivity index (χ4v) is 2.03. The van der Waals surface area contributed by atoms with E-state index in [0.717, 1.165) is 36.1 Å². The zero-order chi connectivity index (χ0) is 15.2. The molecule has 3 heteroatoms. The van der Waals surface area contributed by atoms with Crippen LogP contribution < -0.4 is 4.74 Å². The molecular formula is C17H25NO2. The molecule has 0 bridgehead atoms. The van der Waals surface area contributed by atoms with Crippen molar-refractivity contribution in [3.8, 4) is 11.8 Å². The zero-order valence-corrected chi connectivity index (χ0v) is 12.9. The number of aliphatic hydroxyl groups is 1. The monoisotopic (exact) mass is 275 g/mol. The highest BCUT2D eigenvalue weighted by Crippen LogP contribution is 2.27. The number of unbranched alkanes of at least 4 members (excludes halogenated alkanes) is 1. The van der Waals surface area contributed by atoms with Gasteiger partial charge in [-0.2, -0.15) is 5.26 Å². The molecule has 1 N–H and O–H groups in total. The second kappa shape index (κ2) is 7.31. The number of ether oxygens (including phenoxy) is 1. The quantitative estimate of drug-likeness (QED) is 0.761. The Balaban J connectivity index is 2.45. The molecule has 0 saturated carbocycles. The van der Waals surface area contributed by atoms with Crippen molar-refractivity contribution in [2.75, 3.05) is 6.61 Å². The van der Waals surface area contributed by atoms with Crippen molar-refractivity contribution in [1.82, 2.24) is 0 Å². The van der Waals surface area contributed by atoms with E-state index in [1.54, 1.807) is 6.92 Å². The molecule has 110 valence electrons. The summed E-state index contributed by atoms with van der Waals surface area (Å²) >= 11 is 0. The van der Waals surface area contributed by atoms with Crippen molar-refractivity contribution < 1.29 is 9.84 Å². The van der Waals surface area contributed by atoms with Crippen molar-refractivity contribution in [3.05, 3.63) is 29.3 Å². The van der Waals surface area contributed by atoms with E-state index in [1.165, 1.54) is 0 Å². The molecule has 1 aromatic carbocycles. The molecule has 0 aromatic heterocycles. The summed E-state index contributed by atoms with van der Waals surface area (Å²) in [5.41, 5.74) is 1.70. The first-order chi connectivity index (χ1) is 9.35. The average molecular weight is 275 g/mol. The smallest absolute Gasteiger partial charge is 0.125 e. The summed E-state index contributed by atoms with van der Waals surface area (Å²) in [4.78, 5) is 0. The summed E-state index contributed by atoms with van der Waals surface area (Å²) in [6.45, 7) is 8.28. The first-order valence-corrected chi connectivity index (χ1v) is 7.18. The molecule has 0 aliphatic heterocycles. The highest BCUT2D eigenvalue weighted by atomic mass is 16.5. The number of hydrogen-bond acceptors (Lipinski definition) is 3. The molecule has 0 saturated heterocycles. The predicted molar refractivity (Wildman–Crippen MR) is 80.6 cm³/mol. The lowest BCUT2D eigenvalue weighted by atomic mass is 9.89. The van der Waals surface area contributed by atoms with Crippen molar-refractivity contribution >= 4 is 0 Å². The number of hydrogen-bond donors (Lipinski definition) is 1. The molecule has 1 unspecified atom stereocenters. The van der Waals surface area contributed by atoms with Crippen LogP contribution in [0.1, 0.15) is 57.3 Å². The fourth-order valence-electron chi connectivity index (χ4n) is 2.03. The van der Waals surface area contributed by atoms with Crippen LogP contribution in [0.15, 0.2) is 18.2 Å². The number of rotatable bonds is 7. The molecule has 0 aliphatic rings. The van der Waals surface area contributed by atoms with E-state index in [4.69, 9.17) is 10.00 Å². The lowest BCUT2D eigenvalue weighted by Crippen LogP contribution is -2.09. The van der Waals surface area contributed by atoms with Crippen molar-refractivity contribution in [2.24, 2.45) is 5.41 Å². The Morgan fingerprint density at radius 1 is 1.35 bits per heavy atom. The maximum Gasteiger partial charge on any atom is 0.125 e. The van der Waals surface area contributed by atoms with E-state index in [-0.39, 0.29) is 5.41 Å². The molecule has 0 heterocycles. The minimum Gasteiger partial charge on any atom is -0.493 e. The van der Waals surface area contributed by atoms with Gasteiger partial charge in [-0.15, -0.1) is 0 Å². The van der Waals surface area contributed by atoms with Crippen molar-refractivity contribution in [2.45, 2.75) is 53.1 Å². The number of aliphatic hydroxyl groups excluding tert-OH is 1. The number of aryl methyl sites for hydroxylation is 1. The minimum atomic E-state index is -0.526. The summed E-state index contributed by atoms with van der Waals surface area (Å²) in [5, 5.41) is 18.7. The van der Waals surface area contributed by atoms with Gasteiger partial charge in [-0.25, -0.2) is 0 Å². The molecule has 1 atom stereocenters. The lowest BCUT2D eigenvalue weighted by Gasteiger charge is -2.16. The van der Waals surface area contributed by atoms with Crippen LogP contribution in [0.3, 0.4) is 0 Å². The van der Waals surface area contributed by atoms with Crippen LogP contribution in [0, 0.1) is 23.7 Å². The Hall–Kier alpha value is -1.53. The average Bonchev–Trinajstić information content (AvgIpc) is 2.39. The number of benzene rings is 1. The standard InChI is InChI=1S/C17H25NO2/c1-13-7-8-16(15(11-13)14(2)19)20-10-6-5-9-17(3,4)12-18/h7-8,11,14,19H,5-6,9-10H2,1-4H3. The molecule has 3 nitrogen and oxygen atoms in total. The van der Waals surface area contributed by atoms with E-state index < -0.39 is 6.10 Å². The molecule has 1 rings (SSSR count). The van der Waals surface area contributed by atoms with Crippen LogP contribution in [0.2, 0.25) is 0 Å². The zero-order valence-electron chi connectivity index (χ0n) is 12.9.